The van der Waals surface area contributed by atoms with Crippen molar-refractivity contribution in [2.24, 2.45) is 0 Å². The van der Waals surface area contributed by atoms with E-state index >= 15 is 0 Å². The molecule has 3 rings (SSSR count). The van der Waals surface area contributed by atoms with Crippen LogP contribution in [-0.2, 0) is 6.18 Å². The molecule has 0 aliphatic heterocycles. The van der Waals surface area contributed by atoms with Crippen LogP contribution >= 0.6 is 0 Å². The zero-order valence-corrected chi connectivity index (χ0v) is 12.0. The van der Waals surface area contributed by atoms with Crippen LogP contribution in [0.1, 0.15) is 21.9 Å². The van der Waals surface area contributed by atoms with Crippen LogP contribution in [0.2, 0.25) is 0 Å². The maximum atomic E-state index is 13.0. The zero-order chi connectivity index (χ0) is 16.6. The van der Waals surface area contributed by atoms with Crippen molar-refractivity contribution in [1.82, 2.24) is 9.78 Å². The molecule has 0 fully saturated rings. The number of aryl methyl sites for hydroxylation is 1. The lowest BCUT2D eigenvalue weighted by molar-refractivity contribution is -0.142. The molecule has 0 unspecified atom stereocenters. The zero-order valence-electron chi connectivity index (χ0n) is 12.0. The van der Waals surface area contributed by atoms with E-state index in [-0.39, 0.29) is 17.1 Å². The van der Waals surface area contributed by atoms with Crippen LogP contribution in [0.5, 0.6) is 0 Å². The van der Waals surface area contributed by atoms with Crippen molar-refractivity contribution in [1.29, 1.82) is 0 Å². The standard InChI is InChI=1S/C16H11F3N2O2/c1-10-8-15(16(17,18)19)21(20-10)12-4-2-11(3-5-12)14-7-6-13(9-22)23-14/h2-9H,1H3. The number of hydrogen-bond acceptors (Lipinski definition) is 3. The largest absolute Gasteiger partial charge is 0.453 e. The van der Waals surface area contributed by atoms with Gasteiger partial charge in [-0.25, -0.2) is 4.68 Å². The van der Waals surface area contributed by atoms with Crippen molar-refractivity contribution in [2.45, 2.75) is 13.1 Å². The van der Waals surface area contributed by atoms with Gasteiger partial charge >= 0.3 is 6.18 Å². The van der Waals surface area contributed by atoms with Crippen LogP contribution in [-0.4, -0.2) is 16.1 Å². The molecule has 0 saturated heterocycles. The van der Waals surface area contributed by atoms with Gasteiger partial charge in [0, 0.05) is 5.56 Å². The van der Waals surface area contributed by atoms with E-state index in [1.807, 2.05) is 0 Å². The second-order valence-corrected chi connectivity index (χ2v) is 4.95. The molecule has 0 atom stereocenters. The minimum Gasteiger partial charge on any atom is -0.453 e. The van der Waals surface area contributed by atoms with Crippen LogP contribution in [0.25, 0.3) is 17.0 Å². The Hall–Kier alpha value is -2.83. The molecule has 0 aliphatic carbocycles. The minimum absolute atomic E-state index is 0.186. The summed E-state index contributed by atoms with van der Waals surface area (Å²) in [4.78, 5) is 10.6. The molecule has 0 radical (unpaired) electrons. The Morgan fingerprint density at radius 3 is 2.39 bits per heavy atom. The fraction of sp³-hybridized carbons (Fsp3) is 0.125. The summed E-state index contributed by atoms with van der Waals surface area (Å²) in [6.45, 7) is 1.50. The number of aromatic nitrogens is 2. The molecule has 0 spiro atoms. The molecule has 0 N–H and O–H groups in total. The number of benzene rings is 1. The molecule has 0 aliphatic rings. The van der Waals surface area contributed by atoms with Gasteiger partial charge in [-0.05, 0) is 49.4 Å². The Morgan fingerprint density at radius 1 is 1.13 bits per heavy atom. The molecule has 0 amide bonds. The van der Waals surface area contributed by atoms with Crippen molar-refractivity contribution in [2.75, 3.05) is 0 Å². The van der Waals surface area contributed by atoms with E-state index in [0.717, 1.165) is 10.7 Å². The number of carbonyl (C=O) groups excluding carboxylic acids is 1. The molecule has 3 aromatic rings. The third-order valence-electron chi connectivity index (χ3n) is 3.26. The SMILES string of the molecule is Cc1cc(C(F)(F)F)n(-c2ccc(-c3ccc(C=O)o3)cc2)n1. The molecule has 118 valence electrons. The summed E-state index contributed by atoms with van der Waals surface area (Å²) in [5.41, 5.74) is 0.391. The van der Waals surface area contributed by atoms with Crippen molar-refractivity contribution >= 4 is 6.29 Å². The Bertz CT molecular complexity index is 845. The Labute approximate surface area is 129 Å². The Balaban J connectivity index is 1.98. The maximum absolute atomic E-state index is 13.0. The smallest absolute Gasteiger partial charge is 0.433 e. The maximum Gasteiger partial charge on any atom is 0.433 e. The number of hydrogen-bond donors (Lipinski definition) is 0. The fourth-order valence-corrected chi connectivity index (χ4v) is 2.24. The number of rotatable bonds is 3. The summed E-state index contributed by atoms with van der Waals surface area (Å²) in [6.07, 6.45) is -3.90. The van der Waals surface area contributed by atoms with Crippen molar-refractivity contribution in [3.8, 4) is 17.0 Å². The Morgan fingerprint density at radius 2 is 1.83 bits per heavy atom. The Kier molecular flexibility index (Phi) is 3.55. The van der Waals surface area contributed by atoms with Gasteiger partial charge in [0.15, 0.2) is 12.0 Å². The van der Waals surface area contributed by atoms with Crippen molar-refractivity contribution < 1.29 is 22.4 Å². The molecule has 23 heavy (non-hydrogen) atoms. The first kappa shape index (κ1) is 15.1. The summed E-state index contributed by atoms with van der Waals surface area (Å²) < 4.78 is 45.2. The lowest BCUT2D eigenvalue weighted by atomic mass is 10.1. The fourth-order valence-electron chi connectivity index (χ4n) is 2.24. The van der Waals surface area contributed by atoms with Gasteiger partial charge in [0.2, 0.25) is 0 Å². The third kappa shape index (κ3) is 2.90. The molecule has 4 nitrogen and oxygen atoms in total. The van der Waals surface area contributed by atoms with E-state index in [1.54, 1.807) is 18.2 Å². The number of halogens is 3. The molecular weight excluding hydrogens is 309 g/mol. The number of alkyl halides is 3. The summed E-state index contributed by atoms with van der Waals surface area (Å²) in [5, 5.41) is 3.89. The average molecular weight is 320 g/mol. The molecule has 1 aromatic carbocycles. The highest BCUT2D eigenvalue weighted by atomic mass is 19.4. The van der Waals surface area contributed by atoms with Crippen LogP contribution < -0.4 is 0 Å². The minimum atomic E-state index is -4.49. The van der Waals surface area contributed by atoms with Gasteiger partial charge in [-0.3, -0.25) is 4.79 Å². The first-order valence-corrected chi connectivity index (χ1v) is 6.68. The lowest BCUT2D eigenvalue weighted by Crippen LogP contribution is -2.13. The number of nitrogens with zero attached hydrogens (tertiary/aromatic N) is 2. The normalized spacial score (nSPS) is 11.7. The third-order valence-corrected chi connectivity index (χ3v) is 3.26. The highest BCUT2D eigenvalue weighted by molar-refractivity contribution is 5.72. The number of furan rings is 1. The van der Waals surface area contributed by atoms with E-state index in [1.165, 1.54) is 25.1 Å². The van der Waals surface area contributed by atoms with Gasteiger partial charge in [0.25, 0.3) is 0 Å². The van der Waals surface area contributed by atoms with E-state index in [9.17, 15) is 18.0 Å². The lowest BCUT2D eigenvalue weighted by Gasteiger charge is -2.10. The topological polar surface area (TPSA) is 48.0 Å². The second-order valence-electron chi connectivity index (χ2n) is 4.95. The predicted molar refractivity (Wildman–Crippen MR) is 76.4 cm³/mol. The molecule has 7 heteroatoms. The molecule has 2 heterocycles. The van der Waals surface area contributed by atoms with E-state index in [4.69, 9.17) is 4.42 Å². The quantitative estimate of drug-likeness (QED) is 0.677. The highest BCUT2D eigenvalue weighted by Gasteiger charge is 2.35. The highest BCUT2D eigenvalue weighted by Crippen LogP contribution is 2.32. The van der Waals surface area contributed by atoms with Crippen LogP contribution in [0.15, 0.2) is 46.9 Å². The predicted octanol–water partition coefficient (Wildman–Crippen LogP) is 4.27. The molecule has 0 bridgehead atoms. The van der Waals surface area contributed by atoms with Gasteiger partial charge in [-0.2, -0.15) is 18.3 Å². The summed E-state index contributed by atoms with van der Waals surface area (Å²) in [6, 6.07) is 10.4. The molecule has 0 saturated carbocycles. The van der Waals surface area contributed by atoms with Gasteiger partial charge in [-0.15, -0.1) is 0 Å². The summed E-state index contributed by atoms with van der Waals surface area (Å²) >= 11 is 0. The van der Waals surface area contributed by atoms with Gasteiger partial charge in [0.1, 0.15) is 11.5 Å². The summed E-state index contributed by atoms with van der Waals surface area (Å²) in [7, 11) is 0. The van der Waals surface area contributed by atoms with Gasteiger partial charge in [0.05, 0.1) is 11.4 Å². The number of aldehydes is 1. The van der Waals surface area contributed by atoms with Crippen LogP contribution in [0.4, 0.5) is 13.2 Å². The van der Waals surface area contributed by atoms with E-state index in [2.05, 4.69) is 5.10 Å². The second kappa shape index (κ2) is 5.42. The van der Waals surface area contributed by atoms with Gasteiger partial charge in [-0.1, -0.05) is 0 Å². The first-order valence-electron chi connectivity index (χ1n) is 6.68. The van der Waals surface area contributed by atoms with Crippen LogP contribution in [0.3, 0.4) is 0 Å². The molecule has 2 aromatic heterocycles. The summed E-state index contributed by atoms with van der Waals surface area (Å²) in [5.74, 6) is 0.650. The van der Waals surface area contributed by atoms with E-state index < -0.39 is 11.9 Å². The number of carbonyl (C=O) groups is 1. The van der Waals surface area contributed by atoms with Gasteiger partial charge < -0.3 is 4.42 Å². The van der Waals surface area contributed by atoms with E-state index in [0.29, 0.717) is 17.6 Å². The monoisotopic (exact) mass is 320 g/mol. The van der Waals surface area contributed by atoms with Crippen molar-refractivity contribution in [3.63, 3.8) is 0 Å². The average Bonchev–Trinajstić information content (AvgIpc) is 3.13. The van der Waals surface area contributed by atoms with Crippen LogP contribution in [0, 0.1) is 6.92 Å². The van der Waals surface area contributed by atoms with Crippen molar-refractivity contribution in [3.05, 3.63) is 59.6 Å². The molecular formula is C16H11F3N2O2. The first-order chi connectivity index (χ1) is 10.9.